The molecule has 1 unspecified atom stereocenters. The summed E-state index contributed by atoms with van der Waals surface area (Å²) in [7, 11) is 0. The van der Waals surface area contributed by atoms with Crippen molar-refractivity contribution >= 4 is 16.6 Å². The van der Waals surface area contributed by atoms with Crippen molar-refractivity contribution in [2.45, 2.75) is 73.3 Å². The van der Waals surface area contributed by atoms with E-state index in [1.807, 2.05) is 38.1 Å². The molecule has 2 N–H and O–H groups in total. The number of pyridine rings is 1. The van der Waals surface area contributed by atoms with Crippen molar-refractivity contribution in [3.8, 4) is 11.5 Å². The number of nitrogen functional groups attached to an aromatic ring is 1. The molecule has 2 rings (SSSR count). The number of hydrogen-bond donors (Lipinski definition) is 1. The van der Waals surface area contributed by atoms with Gasteiger partial charge in [0.05, 0.1) is 17.9 Å². The van der Waals surface area contributed by atoms with E-state index in [0.29, 0.717) is 36.3 Å². The Morgan fingerprint density at radius 1 is 1.21 bits per heavy atom. The Morgan fingerprint density at radius 2 is 1.97 bits per heavy atom. The minimum atomic E-state index is -0.151. The first-order chi connectivity index (χ1) is 14.0. The van der Waals surface area contributed by atoms with Crippen molar-refractivity contribution in [1.82, 2.24) is 4.57 Å². The lowest BCUT2D eigenvalue weighted by atomic mass is 10.1. The van der Waals surface area contributed by atoms with Gasteiger partial charge in [-0.2, -0.15) is 0 Å². The molecule has 0 amide bonds. The molecular formula is C24H36N2O3. The Balaban J connectivity index is 2.68. The van der Waals surface area contributed by atoms with E-state index in [1.165, 1.54) is 0 Å². The Morgan fingerprint density at radius 3 is 2.59 bits per heavy atom. The molecule has 160 valence electrons. The van der Waals surface area contributed by atoms with Crippen LogP contribution in [0, 0.1) is 5.92 Å². The van der Waals surface area contributed by atoms with Gasteiger partial charge in [0.15, 0.2) is 5.75 Å². The van der Waals surface area contributed by atoms with E-state index in [9.17, 15) is 4.79 Å². The molecule has 0 fully saturated rings. The van der Waals surface area contributed by atoms with Gasteiger partial charge in [-0.25, -0.2) is 0 Å². The Kier molecular flexibility index (Phi) is 8.62. The van der Waals surface area contributed by atoms with Crippen molar-refractivity contribution in [1.29, 1.82) is 0 Å². The maximum Gasteiger partial charge on any atom is 0.297 e. The lowest BCUT2D eigenvalue weighted by Crippen LogP contribution is -2.25. The molecule has 2 aromatic rings. The maximum absolute atomic E-state index is 13.4. The smallest absolute Gasteiger partial charge is 0.297 e. The van der Waals surface area contributed by atoms with Crippen LogP contribution < -0.4 is 20.8 Å². The zero-order valence-corrected chi connectivity index (χ0v) is 18.6. The maximum atomic E-state index is 13.4. The van der Waals surface area contributed by atoms with E-state index in [0.717, 1.165) is 48.8 Å². The Labute approximate surface area is 174 Å². The van der Waals surface area contributed by atoms with Crippen LogP contribution >= 0.6 is 0 Å². The summed E-state index contributed by atoms with van der Waals surface area (Å²) in [5.41, 5.74) is 7.31. The van der Waals surface area contributed by atoms with Crippen LogP contribution in [0.4, 0.5) is 5.69 Å². The summed E-state index contributed by atoms with van der Waals surface area (Å²) in [5.74, 6) is 1.97. The van der Waals surface area contributed by atoms with Gasteiger partial charge in [0.2, 0.25) is 5.75 Å². The molecule has 0 aliphatic heterocycles. The Hall–Kier alpha value is -2.43. The Bertz CT molecular complexity index is 899. The molecule has 0 spiro atoms. The second-order valence-corrected chi connectivity index (χ2v) is 7.66. The van der Waals surface area contributed by atoms with Gasteiger partial charge in [-0.3, -0.25) is 4.79 Å². The zero-order valence-electron chi connectivity index (χ0n) is 18.6. The number of anilines is 1. The van der Waals surface area contributed by atoms with Crippen molar-refractivity contribution in [3.05, 3.63) is 40.4 Å². The van der Waals surface area contributed by atoms with Crippen molar-refractivity contribution < 1.29 is 9.47 Å². The fraction of sp³-hybridized carbons (Fsp3) is 0.542. The quantitative estimate of drug-likeness (QED) is 0.377. The van der Waals surface area contributed by atoms with Crippen molar-refractivity contribution in [2.24, 2.45) is 5.92 Å². The van der Waals surface area contributed by atoms with Crippen LogP contribution in [0.5, 0.6) is 11.5 Å². The van der Waals surface area contributed by atoms with Gasteiger partial charge in [-0.05, 0) is 50.0 Å². The SMILES string of the molecule is CC=C(CC)Oc1c(OCC(C)CCC)c(=O)n(CCCC)c2cc(N)ccc12. The van der Waals surface area contributed by atoms with Crippen LogP contribution in [0.25, 0.3) is 10.9 Å². The van der Waals surface area contributed by atoms with E-state index >= 15 is 0 Å². The van der Waals surface area contributed by atoms with Gasteiger partial charge in [-0.1, -0.05) is 40.5 Å². The molecule has 29 heavy (non-hydrogen) atoms. The molecule has 0 bridgehead atoms. The second kappa shape index (κ2) is 10.9. The number of unbranched alkanes of at least 4 members (excludes halogenated alkanes) is 1. The summed E-state index contributed by atoms with van der Waals surface area (Å²) in [5, 5.41) is 0.848. The number of ether oxygens (including phenoxy) is 2. The highest BCUT2D eigenvalue weighted by Gasteiger charge is 2.21. The largest absolute Gasteiger partial charge is 0.485 e. The van der Waals surface area contributed by atoms with Gasteiger partial charge in [0, 0.05) is 24.0 Å². The third-order valence-electron chi connectivity index (χ3n) is 5.14. The molecule has 0 aliphatic carbocycles. The molecule has 1 heterocycles. The summed E-state index contributed by atoms with van der Waals surface area (Å²) >= 11 is 0. The topological polar surface area (TPSA) is 66.5 Å². The first-order valence-electron chi connectivity index (χ1n) is 10.9. The predicted molar refractivity (Wildman–Crippen MR) is 122 cm³/mol. The summed E-state index contributed by atoms with van der Waals surface area (Å²) in [4.78, 5) is 13.4. The van der Waals surface area contributed by atoms with E-state index in [4.69, 9.17) is 15.2 Å². The molecule has 0 saturated carbocycles. The number of allylic oxidation sites excluding steroid dienone is 2. The first kappa shape index (κ1) is 22.9. The van der Waals surface area contributed by atoms with Gasteiger partial charge >= 0.3 is 0 Å². The predicted octanol–water partition coefficient (Wildman–Crippen LogP) is 5.89. The van der Waals surface area contributed by atoms with Crippen LogP contribution in [0.15, 0.2) is 34.8 Å². The molecule has 5 heteroatoms. The standard InChI is InChI=1S/C24H36N2O3/c1-6-10-14-26-21-15-18(25)12-13-20(21)22(29-19(8-3)9-4)23(24(26)27)28-16-17(5)11-7-2/h8,12-13,15,17H,6-7,9-11,14,16,25H2,1-5H3. The molecule has 0 radical (unpaired) electrons. The van der Waals surface area contributed by atoms with Crippen LogP contribution in [0.2, 0.25) is 0 Å². The van der Waals surface area contributed by atoms with E-state index in [1.54, 1.807) is 4.57 Å². The highest BCUT2D eigenvalue weighted by molar-refractivity contribution is 5.90. The van der Waals surface area contributed by atoms with E-state index in [-0.39, 0.29) is 5.56 Å². The number of nitrogens with two attached hydrogens (primary N) is 1. The lowest BCUT2D eigenvalue weighted by molar-refractivity contribution is 0.237. The molecule has 0 saturated heterocycles. The number of aryl methyl sites for hydroxylation is 1. The number of fused-ring (bicyclic) bond motifs is 1. The highest BCUT2D eigenvalue weighted by Crippen LogP contribution is 2.36. The fourth-order valence-corrected chi connectivity index (χ4v) is 3.45. The molecule has 1 atom stereocenters. The highest BCUT2D eigenvalue weighted by atomic mass is 16.5. The van der Waals surface area contributed by atoms with Crippen LogP contribution in [-0.4, -0.2) is 11.2 Å². The van der Waals surface area contributed by atoms with Crippen molar-refractivity contribution in [3.63, 3.8) is 0 Å². The van der Waals surface area contributed by atoms with Crippen molar-refractivity contribution in [2.75, 3.05) is 12.3 Å². The lowest BCUT2D eigenvalue weighted by Gasteiger charge is -2.20. The molecule has 1 aromatic heterocycles. The fourth-order valence-electron chi connectivity index (χ4n) is 3.45. The van der Waals surface area contributed by atoms with Gasteiger partial charge in [0.25, 0.3) is 5.56 Å². The van der Waals surface area contributed by atoms with E-state index < -0.39 is 0 Å². The van der Waals surface area contributed by atoms with Gasteiger partial charge in [-0.15, -0.1) is 0 Å². The van der Waals surface area contributed by atoms with Gasteiger partial charge < -0.3 is 19.8 Å². The summed E-state index contributed by atoms with van der Waals surface area (Å²) in [6.45, 7) is 11.5. The third kappa shape index (κ3) is 5.55. The van der Waals surface area contributed by atoms with Crippen LogP contribution in [-0.2, 0) is 6.54 Å². The number of benzene rings is 1. The average molecular weight is 401 g/mol. The molecule has 5 nitrogen and oxygen atoms in total. The zero-order chi connectivity index (χ0) is 21.4. The molecule has 1 aromatic carbocycles. The summed E-state index contributed by atoms with van der Waals surface area (Å²) in [6.07, 6.45) is 6.71. The minimum absolute atomic E-state index is 0.151. The third-order valence-corrected chi connectivity index (χ3v) is 5.14. The monoisotopic (exact) mass is 400 g/mol. The number of rotatable bonds is 11. The average Bonchev–Trinajstić information content (AvgIpc) is 2.71. The second-order valence-electron chi connectivity index (χ2n) is 7.66. The minimum Gasteiger partial charge on any atom is -0.485 e. The summed E-state index contributed by atoms with van der Waals surface area (Å²) in [6, 6.07) is 5.62. The normalized spacial score (nSPS) is 12.9. The summed E-state index contributed by atoms with van der Waals surface area (Å²) < 4.78 is 14.1. The molecular weight excluding hydrogens is 364 g/mol. The number of hydrogen-bond acceptors (Lipinski definition) is 4. The van der Waals surface area contributed by atoms with E-state index in [2.05, 4.69) is 20.8 Å². The number of nitrogens with zero attached hydrogens (tertiary/aromatic N) is 1. The van der Waals surface area contributed by atoms with Crippen LogP contribution in [0.1, 0.15) is 66.7 Å². The molecule has 0 aliphatic rings. The first-order valence-corrected chi connectivity index (χ1v) is 10.9. The van der Waals surface area contributed by atoms with Gasteiger partial charge in [0.1, 0.15) is 0 Å². The number of aromatic nitrogens is 1. The van der Waals surface area contributed by atoms with Crippen LogP contribution in [0.3, 0.4) is 0 Å².